The van der Waals surface area contributed by atoms with E-state index in [1.165, 1.54) is 45.1 Å². The van der Waals surface area contributed by atoms with Crippen molar-refractivity contribution < 1.29 is 0 Å². The normalized spacial score (nSPS) is 21.9. The molecule has 0 aromatic carbocycles. The second-order valence-corrected chi connectivity index (χ2v) is 6.44. The van der Waals surface area contributed by atoms with Gasteiger partial charge in [-0.1, -0.05) is 19.3 Å². The van der Waals surface area contributed by atoms with Crippen LogP contribution in [-0.2, 0) is 0 Å². The highest BCUT2D eigenvalue weighted by atomic mass is 15.4. The summed E-state index contributed by atoms with van der Waals surface area (Å²) >= 11 is 0. The molecule has 1 spiro atoms. The van der Waals surface area contributed by atoms with Crippen LogP contribution >= 0.6 is 0 Å². The summed E-state index contributed by atoms with van der Waals surface area (Å²) in [5.41, 5.74) is 1.40. The highest BCUT2D eigenvalue weighted by Gasteiger charge is 2.39. The highest BCUT2D eigenvalue weighted by Crippen LogP contribution is 2.44. The van der Waals surface area contributed by atoms with E-state index in [1.54, 1.807) is 0 Å². The van der Waals surface area contributed by atoms with Crippen molar-refractivity contribution in [3.05, 3.63) is 18.0 Å². The number of aromatic nitrogens is 4. The third-order valence-electron chi connectivity index (χ3n) is 5.08. The second-order valence-electron chi connectivity index (χ2n) is 6.44. The SMILES string of the molecule is Cc1nnc2ccc(N3CCC4(CCCCC4)C3)nn12. The van der Waals surface area contributed by atoms with Crippen molar-refractivity contribution in [3.8, 4) is 0 Å². The van der Waals surface area contributed by atoms with Gasteiger partial charge in [0.1, 0.15) is 5.82 Å². The van der Waals surface area contributed by atoms with Crippen molar-refractivity contribution >= 4 is 11.5 Å². The van der Waals surface area contributed by atoms with Crippen molar-refractivity contribution in [2.45, 2.75) is 45.4 Å². The molecule has 2 fully saturated rings. The Morgan fingerprint density at radius 1 is 1.05 bits per heavy atom. The van der Waals surface area contributed by atoms with Gasteiger partial charge >= 0.3 is 0 Å². The van der Waals surface area contributed by atoms with E-state index in [9.17, 15) is 0 Å². The van der Waals surface area contributed by atoms with E-state index in [4.69, 9.17) is 5.10 Å². The number of anilines is 1. The van der Waals surface area contributed by atoms with Gasteiger partial charge in [0.2, 0.25) is 0 Å². The number of fused-ring (bicyclic) bond motifs is 1. The zero-order chi connectivity index (χ0) is 13.6. The number of hydrogen-bond acceptors (Lipinski definition) is 4. The maximum Gasteiger partial charge on any atom is 0.178 e. The fourth-order valence-electron chi connectivity index (χ4n) is 3.90. The third-order valence-corrected chi connectivity index (χ3v) is 5.08. The van der Waals surface area contributed by atoms with Crippen molar-refractivity contribution in [1.82, 2.24) is 19.8 Å². The van der Waals surface area contributed by atoms with Gasteiger partial charge < -0.3 is 4.90 Å². The third kappa shape index (κ3) is 1.87. The van der Waals surface area contributed by atoms with Crippen LogP contribution in [0.5, 0.6) is 0 Å². The summed E-state index contributed by atoms with van der Waals surface area (Å²) in [4.78, 5) is 2.45. The Bertz CT molecular complexity index is 626. The average Bonchev–Trinajstić information content (AvgIpc) is 3.05. The first-order valence-electron chi connectivity index (χ1n) is 7.70. The van der Waals surface area contributed by atoms with E-state index < -0.39 is 0 Å². The van der Waals surface area contributed by atoms with Gasteiger partial charge in [-0.3, -0.25) is 0 Å². The molecule has 1 saturated carbocycles. The maximum atomic E-state index is 4.71. The number of nitrogens with zero attached hydrogens (tertiary/aromatic N) is 5. The summed E-state index contributed by atoms with van der Waals surface area (Å²) in [6.45, 7) is 4.26. The van der Waals surface area contributed by atoms with Crippen molar-refractivity contribution in [3.63, 3.8) is 0 Å². The number of rotatable bonds is 1. The molecule has 0 bridgehead atoms. The molecule has 5 nitrogen and oxygen atoms in total. The van der Waals surface area contributed by atoms with Gasteiger partial charge in [-0.15, -0.1) is 15.3 Å². The molecule has 106 valence electrons. The van der Waals surface area contributed by atoms with Crippen molar-refractivity contribution in [2.75, 3.05) is 18.0 Å². The molecule has 2 aliphatic rings. The van der Waals surface area contributed by atoms with E-state index in [1.807, 2.05) is 17.5 Å². The molecule has 20 heavy (non-hydrogen) atoms. The van der Waals surface area contributed by atoms with Crippen LogP contribution in [0.4, 0.5) is 5.82 Å². The standard InChI is InChI=1S/C15H21N5/c1-12-16-17-13-5-6-14(18-20(12)13)19-10-9-15(11-19)7-3-2-4-8-15/h5-6H,2-4,7-11H2,1H3. The molecule has 2 aromatic heterocycles. The molecular weight excluding hydrogens is 250 g/mol. The summed E-state index contributed by atoms with van der Waals surface area (Å²) in [6, 6.07) is 4.11. The molecule has 3 heterocycles. The first kappa shape index (κ1) is 12.1. The first-order chi connectivity index (χ1) is 9.76. The minimum absolute atomic E-state index is 0.567. The second kappa shape index (κ2) is 4.43. The van der Waals surface area contributed by atoms with Crippen LogP contribution < -0.4 is 4.90 Å². The van der Waals surface area contributed by atoms with Gasteiger partial charge in [-0.25, -0.2) is 0 Å². The largest absolute Gasteiger partial charge is 0.355 e. The van der Waals surface area contributed by atoms with Crippen LogP contribution in [-0.4, -0.2) is 32.9 Å². The van der Waals surface area contributed by atoms with Gasteiger partial charge in [0, 0.05) is 13.1 Å². The summed E-state index contributed by atoms with van der Waals surface area (Å²) in [6.07, 6.45) is 8.37. The van der Waals surface area contributed by atoms with E-state index in [-0.39, 0.29) is 0 Å². The highest BCUT2D eigenvalue weighted by molar-refractivity contribution is 5.46. The van der Waals surface area contributed by atoms with E-state index in [0.717, 1.165) is 23.8 Å². The van der Waals surface area contributed by atoms with Crippen LogP contribution in [0.15, 0.2) is 12.1 Å². The zero-order valence-electron chi connectivity index (χ0n) is 12.0. The maximum absolute atomic E-state index is 4.71. The summed E-state index contributed by atoms with van der Waals surface area (Å²) in [7, 11) is 0. The molecular formula is C15H21N5. The first-order valence-corrected chi connectivity index (χ1v) is 7.70. The molecule has 0 radical (unpaired) electrons. The summed E-state index contributed by atoms with van der Waals surface area (Å²) in [5, 5.41) is 12.9. The molecule has 1 saturated heterocycles. The Morgan fingerprint density at radius 3 is 2.75 bits per heavy atom. The van der Waals surface area contributed by atoms with Gasteiger partial charge in [-0.2, -0.15) is 4.52 Å². The molecule has 0 atom stereocenters. The van der Waals surface area contributed by atoms with Crippen molar-refractivity contribution in [1.29, 1.82) is 0 Å². The Kier molecular flexibility index (Phi) is 2.69. The lowest BCUT2D eigenvalue weighted by molar-refractivity contribution is 0.219. The van der Waals surface area contributed by atoms with Crippen LogP contribution in [0, 0.1) is 12.3 Å². The predicted molar refractivity (Wildman–Crippen MR) is 77.9 cm³/mol. The molecule has 2 aromatic rings. The van der Waals surface area contributed by atoms with Gasteiger partial charge in [0.15, 0.2) is 11.5 Å². The van der Waals surface area contributed by atoms with Crippen LogP contribution in [0.25, 0.3) is 5.65 Å². The fourth-order valence-corrected chi connectivity index (χ4v) is 3.90. The molecule has 1 aliphatic carbocycles. The lowest BCUT2D eigenvalue weighted by Crippen LogP contribution is -2.29. The fraction of sp³-hybridized carbons (Fsp3) is 0.667. The van der Waals surface area contributed by atoms with Gasteiger partial charge in [0.05, 0.1) is 0 Å². The molecule has 4 rings (SSSR count). The minimum atomic E-state index is 0.567. The Morgan fingerprint density at radius 2 is 1.90 bits per heavy atom. The van der Waals surface area contributed by atoms with E-state index >= 15 is 0 Å². The Hall–Kier alpha value is -1.65. The molecule has 0 N–H and O–H groups in total. The monoisotopic (exact) mass is 271 g/mol. The Labute approximate surface area is 119 Å². The van der Waals surface area contributed by atoms with E-state index in [2.05, 4.69) is 21.2 Å². The molecule has 5 heteroatoms. The lowest BCUT2D eigenvalue weighted by Gasteiger charge is -2.33. The molecule has 0 amide bonds. The summed E-state index contributed by atoms with van der Waals surface area (Å²) in [5.74, 6) is 1.93. The van der Waals surface area contributed by atoms with E-state index in [0.29, 0.717) is 5.41 Å². The quantitative estimate of drug-likeness (QED) is 0.800. The lowest BCUT2D eigenvalue weighted by atomic mass is 9.73. The molecule has 1 aliphatic heterocycles. The number of aryl methyl sites for hydroxylation is 1. The van der Waals surface area contributed by atoms with Crippen LogP contribution in [0.3, 0.4) is 0 Å². The Balaban J connectivity index is 1.61. The average molecular weight is 271 g/mol. The van der Waals surface area contributed by atoms with Crippen molar-refractivity contribution in [2.24, 2.45) is 5.41 Å². The minimum Gasteiger partial charge on any atom is -0.355 e. The smallest absolute Gasteiger partial charge is 0.178 e. The van der Waals surface area contributed by atoms with Crippen LogP contribution in [0.2, 0.25) is 0 Å². The van der Waals surface area contributed by atoms with Gasteiger partial charge in [0.25, 0.3) is 0 Å². The predicted octanol–water partition coefficient (Wildman–Crippen LogP) is 2.59. The summed E-state index contributed by atoms with van der Waals surface area (Å²) < 4.78 is 1.85. The zero-order valence-corrected chi connectivity index (χ0v) is 12.0. The molecule has 0 unspecified atom stereocenters. The van der Waals surface area contributed by atoms with Gasteiger partial charge in [-0.05, 0) is 43.7 Å². The topological polar surface area (TPSA) is 46.3 Å². The van der Waals surface area contributed by atoms with Crippen LogP contribution in [0.1, 0.15) is 44.3 Å². The number of hydrogen-bond donors (Lipinski definition) is 0.